The summed E-state index contributed by atoms with van der Waals surface area (Å²) >= 11 is 5.85. The van der Waals surface area contributed by atoms with E-state index in [1.54, 1.807) is 0 Å². The van der Waals surface area contributed by atoms with Crippen LogP contribution in [0.5, 0.6) is 0 Å². The molecule has 2 aromatic carbocycles. The van der Waals surface area contributed by atoms with Crippen LogP contribution in [0.15, 0.2) is 47.4 Å². The van der Waals surface area contributed by atoms with Gasteiger partial charge in [-0.2, -0.15) is 17.5 Å². The van der Waals surface area contributed by atoms with Crippen LogP contribution in [-0.2, 0) is 25.7 Å². The third-order valence-electron chi connectivity index (χ3n) is 5.00. The van der Waals surface area contributed by atoms with Crippen molar-refractivity contribution in [2.75, 3.05) is 18.4 Å². The second-order valence-corrected chi connectivity index (χ2v) is 9.71. The Morgan fingerprint density at radius 3 is 2.27 bits per heavy atom. The van der Waals surface area contributed by atoms with Crippen LogP contribution >= 0.6 is 11.6 Å². The van der Waals surface area contributed by atoms with Crippen molar-refractivity contribution in [3.05, 3.63) is 58.6 Å². The molecule has 1 N–H and O–H groups in total. The maximum Gasteiger partial charge on any atom is 0.416 e. The van der Waals surface area contributed by atoms with Gasteiger partial charge in [-0.05, 0) is 62.2 Å². The summed E-state index contributed by atoms with van der Waals surface area (Å²) in [4.78, 5) is 24.7. The minimum atomic E-state index is -4.63. The molecule has 1 amide bonds. The Morgan fingerprint density at radius 2 is 1.70 bits per heavy atom. The van der Waals surface area contributed by atoms with E-state index in [2.05, 4.69) is 5.32 Å². The zero-order valence-electron chi connectivity index (χ0n) is 17.4. The van der Waals surface area contributed by atoms with E-state index in [9.17, 15) is 31.2 Å². The molecule has 3 rings (SSSR count). The van der Waals surface area contributed by atoms with Crippen LogP contribution in [0.2, 0.25) is 5.02 Å². The largest absolute Gasteiger partial charge is 0.449 e. The quantitative estimate of drug-likeness (QED) is 0.591. The Morgan fingerprint density at radius 1 is 1.09 bits per heavy atom. The lowest BCUT2D eigenvalue weighted by Gasteiger charge is -2.16. The van der Waals surface area contributed by atoms with E-state index in [0.717, 1.165) is 25.0 Å². The fourth-order valence-electron chi connectivity index (χ4n) is 3.15. The molecule has 1 atom stereocenters. The summed E-state index contributed by atoms with van der Waals surface area (Å²) in [5.74, 6) is -1.80. The van der Waals surface area contributed by atoms with E-state index in [-0.39, 0.29) is 21.2 Å². The number of benzene rings is 2. The predicted molar refractivity (Wildman–Crippen MR) is 114 cm³/mol. The first-order chi connectivity index (χ1) is 15.4. The number of amides is 1. The fourth-order valence-corrected chi connectivity index (χ4v) is 4.84. The van der Waals surface area contributed by atoms with Crippen molar-refractivity contribution in [1.29, 1.82) is 0 Å². The van der Waals surface area contributed by atoms with E-state index >= 15 is 0 Å². The molecule has 1 aliphatic heterocycles. The summed E-state index contributed by atoms with van der Waals surface area (Å²) in [5, 5.41) is 2.09. The number of esters is 1. The minimum absolute atomic E-state index is 0.00660. The highest BCUT2D eigenvalue weighted by Gasteiger charge is 2.31. The van der Waals surface area contributed by atoms with Gasteiger partial charge in [0.2, 0.25) is 10.0 Å². The van der Waals surface area contributed by atoms with Crippen LogP contribution < -0.4 is 5.32 Å². The summed E-state index contributed by atoms with van der Waals surface area (Å²) in [6, 6.07) is 7.52. The lowest BCUT2D eigenvalue weighted by molar-refractivity contribution is -0.137. The maximum atomic E-state index is 12.9. The van der Waals surface area contributed by atoms with Crippen LogP contribution in [-0.4, -0.2) is 43.8 Å². The van der Waals surface area contributed by atoms with Gasteiger partial charge in [0.25, 0.3) is 5.91 Å². The van der Waals surface area contributed by atoms with Crippen molar-refractivity contribution >= 4 is 39.2 Å². The number of hydrogen-bond acceptors (Lipinski definition) is 5. The molecule has 1 aliphatic rings. The Labute approximate surface area is 193 Å². The van der Waals surface area contributed by atoms with E-state index in [1.807, 2.05) is 0 Å². The number of carbonyl (C=O) groups is 2. The number of ether oxygens (including phenoxy) is 1. The van der Waals surface area contributed by atoms with Crippen molar-refractivity contribution in [3.63, 3.8) is 0 Å². The Hall–Kier alpha value is -2.63. The number of nitrogens with one attached hydrogen (secondary N) is 1. The normalized spacial score (nSPS) is 15.8. The van der Waals surface area contributed by atoms with Gasteiger partial charge in [0.15, 0.2) is 6.10 Å². The third-order valence-corrected chi connectivity index (χ3v) is 7.24. The van der Waals surface area contributed by atoms with Gasteiger partial charge in [-0.3, -0.25) is 4.79 Å². The topological polar surface area (TPSA) is 92.8 Å². The molecule has 1 fully saturated rings. The molecule has 1 heterocycles. The summed E-state index contributed by atoms with van der Waals surface area (Å²) in [6.07, 6.45) is -4.42. The van der Waals surface area contributed by atoms with Crippen LogP contribution in [0.3, 0.4) is 0 Å². The molecular weight excluding hydrogens is 485 g/mol. The molecule has 0 unspecified atom stereocenters. The standard InChI is InChI=1S/C21H20ClF3N2O5S/c1-13(19(28)26-18-12-15(21(23,24)25)6-9-17(18)22)32-20(29)14-4-7-16(8-5-14)33(30,31)27-10-2-3-11-27/h4-9,12-13H,2-3,10-11H2,1H3,(H,26,28)/t13-/m0/s1. The zero-order chi connectivity index (χ0) is 24.4. The van der Waals surface area contributed by atoms with Gasteiger partial charge in [-0.1, -0.05) is 11.6 Å². The van der Waals surface area contributed by atoms with Crippen molar-refractivity contribution in [2.24, 2.45) is 0 Å². The van der Waals surface area contributed by atoms with Gasteiger partial charge in [0, 0.05) is 13.1 Å². The highest BCUT2D eigenvalue weighted by atomic mass is 35.5. The second-order valence-electron chi connectivity index (χ2n) is 7.36. The van der Waals surface area contributed by atoms with Crippen LogP contribution in [0.4, 0.5) is 18.9 Å². The number of rotatable bonds is 6. The molecule has 0 saturated carbocycles. The van der Waals surface area contributed by atoms with E-state index in [0.29, 0.717) is 19.2 Å². The van der Waals surface area contributed by atoms with Gasteiger partial charge in [0.1, 0.15) is 0 Å². The van der Waals surface area contributed by atoms with Gasteiger partial charge in [0.05, 0.1) is 26.7 Å². The Bertz CT molecular complexity index is 1150. The molecule has 33 heavy (non-hydrogen) atoms. The molecule has 0 spiro atoms. The fraction of sp³-hybridized carbons (Fsp3) is 0.333. The molecular formula is C21H20ClF3N2O5S. The third kappa shape index (κ3) is 5.84. The molecule has 1 saturated heterocycles. The Balaban J connectivity index is 1.65. The molecule has 0 aromatic heterocycles. The van der Waals surface area contributed by atoms with E-state index < -0.39 is 39.7 Å². The highest BCUT2D eigenvalue weighted by Crippen LogP contribution is 2.34. The van der Waals surface area contributed by atoms with Crippen LogP contribution in [0.25, 0.3) is 0 Å². The van der Waals surface area contributed by atoms with Gasteiger partial charge in [-0.25, -0.2) is 13.2 Å². The summed E-state index contributed by atoms with van der Waals surface area (Å²) in [5.41, 5.74) is -1.28. The van der Waals surface area contributed by atoms with Crippen molar-refractivity contribution < 1.29 is 35.9 Å². The number of anilines is 1. The maximum absolute atomic E-state index is 12.9. The van der Waals surface area contributed by atoms with Crippen LogP contribution in [0.1, 0.15) is 35.7 Å². The Kier molecular flexibility index (Phi) is 7.35. The molecule has 0 bridgehead atoms. The lowest BCUT2D eigenvalue weighted by Crippen LogP contribution is -2.30. The highest BCUT2D eigenvalue weighted by molar-refractivity contribution is 7.89. The van der Waals surface area contributed by atoms with Crippen molar-refractivity contribution in [3.8, 4) is 0 Å². The average Bonchev–Trinajstić information content (AvgIpc) is 3.30. The summed E-state index contributed by atoms with van der Waals surface area (Å²) < 4.78 is 70.2. The number of carbonyl (C=O) groups excluding carboxylic acids is 2. The van der Waals surface area contributed by atoms with Crippen molar-refractivity contribution in [1.82, 2.24) is 4.31 Å². The van der Waals surface area contributed by atoms with E-state index in [1.165, 1.54) is 35.5 Å². The number of hydrogen-bond donors (Lipinski definition) is 1. The lowest BCUT2D eigenvalue weighted by atomic mass is 10.2. The number of halogens is 4. The molecule has 7 nitrogen and oxygen atoms in total. The predicted octanol–water partition coefficient (Wildman–Crippen LogP) is 4.33. The number of alkyl halides is 3. The van der Waals surface area contributed by atoms with Crippen LogP contribution in [0, 0.1) is 0 Å². The average molecular weight is 505 g/mol. The first-order valence-electron chi connectivity index (χ1n) is 9.88. The first kappa shape index (κ1) is 25.0. The molecule has 178 valence electrons. The molecule has 12 heteroatoms. The first-order valence-corrected chi connectivity index (χ1v) is 11.7. The van der Waals surface area contributed by atoms with Gasteiger partial charge in [-0.15, -0.1) is 0 Å². The van der Waals surface area contributed by atoms with Crippen molar-refractivity contribution in [2.45, 2.75) is 36.9 Å². The summed E-state index contributed by atoms with van der Waals surface area (Å²) in [6.45, 7) is 2.12. The summed E-state index contributed by atoms with van der Waals surface area (Å²) in [7, 11) is -3.65. The number of sulfonamides is 1. The monoisotopic (exact) mass is 504 g/mol. The zero-order valence-corrected chi connectivity index (χ0v) is 18.9. The smallest absolute Gasteiger partial charge is 0.416 e. The molecule has 2 aromatic rings. The molecule has 0 aliphatic carbocycles. The molecule has 0 radical (unpaired) electrons. The second kappa shape index (κ2) is 9.70. The minimum Gasteiger partial charge on any atom is -0.449 e. The van der Waals surface area contributed by atoms with E-state index in [4.69, 9.17) is 16.3 Å². The SMILES string of the molecule is C[C@H](OC(=O)c1ccc(S(=O)(=O)N2CCCC2)cc1)C(=O)Nc1cc(C(F)(F)F)ccc1Cl. The van der Waals surface area contributed by atoms with Gasteiger partial charge >= 0.3 is 12.1 Å². The number of nitrogens with zero attached hydrogens (tertiary/aromatic N) is 1. The van der Waals surface area contributed by atoms with Gasteiger partial charge < -0.3 is 10.1 Å².